The van der Waals surface area contributed by atoms with Crippen molar-refractivity contribution in [3.8, 4) is 0 Å². The Labute approximate surface area is 168 Å². The van der Waals surface area contributed by atoms with Crippen molar-refractivity contribution >= 4 is 29.2 Å². The third kappa shape index (κ3) is 4.02. The predicted molar refractivity (Wildman–Crippen MR) is 101 cm³/mol. The molecule has 0 saturated carbocycles. The molecule has 7 nitrogen and oxygen atoms in total. The van der Waals surface area contributed by atoms with E-state index >= 15 is 0 Å². The van der Waals surface area contributed by atoms with Gasteiger partial charge >= 0.3 is 6.18 Å². The predicted octanol–water partition coefficient (Wildman–Crippen LogP) is 2.77. The van der Waals surface area contributed by atoms with E-state index in [0.717, 1.165) is 12.1 Å². The molecule has 0 spiro atoms. The molecule has 0 aliphatic carbocycles. The molecular weight excluding hydrogens is 409 g/mol. The highest BCUT2D eigenvalue weighted by molar-refractivity contribution is 6.34. The molecule has 2 aromatic rings. The number of rotatable bonds is 3. The highest BCUT2D eigenvalue weighted by Crippen LogP contribution is 2.37. The van der Waals surface area contributed by atoms with Crippen molar-refractivity contribution < 1.29 is 18.0 Å². The zero-order valence-corrected chi connectivity index (χ0v) is 15.7. The van der Waals surface area contributed by atoms with E-state index in [2.05, 4.69) is 9.97 Å². The van der Waals surface area contributed by atoms with Gasteiger partial charge in [-0.25, -0.2) is 9.97 Å². The van der Waals surface area contributed by atoms with Gasteiger partial charge in [0.05, 0.1) is 39.8 Å². The van der Waals surface area contributed by atoms with Crippen LogP contribution in [0.1, 0.15) is 32.9 Å². The number of carbonyl (C=O) groups is 1. The fourth-order valence-corrected chi connectivity index (χ4v) is 3.42. The van der Waals surface area contributed by atoms with Gasteiger partial charge in [-0.15, -0.1) is 0 Å². The zero-order valence-electron chi connectivity index (χ0n) is 14.9. The molecule has 2 heterocycles. The fraction of sp³-hybridized carbons (Fsp3) is 0.222. The van der Waals surface area contributed by atoms with E-state index in [9.17, 15) is 18.0 Å². The van der Waals surface area contributed by atoms with Gasteiger partial charge in [0.25, 0.3) is 5.91 Å². The number of alkyl halides is 3. The van der Waals surface area contributed by atoms with Gasteiger partial charge in [-0.2, -0.15) is 13.2 Å². The number of nitrogen functional groups attached to an aromatic ring is 1. The van der Waals surface area contributed by atoms with Crippen molar-refractivity contribution in [3.63, 3.8) is 0 Å². The lowest BCUT2D eigenvalue weighted by atomic mass is 9.99. The van der Waals surface area contributed by atoms with E-state index in [1.807, 2.05) is 0 Å². The number of anilines is 1. The molecule has 0 radical (unpaired) electrons. The highest BCUT2D eigenvalue weighted by Gasteiger charge is 2.36. The minimum Gasteiger partial charge on any atom is -0.405 e. The number of hydrogen-bond acceptors (Lipinski definition) is 6. The molecule has 1 aromatic heterocycles. The largest absolute Gasteiger partial charge is 0.417 e. The monoisotopic (exact) mass is 424 g/mol. The lowest BCUT2D eigenvalue weighted by Crippen LogP contribution is -2.38. The van der Waals surface area contributed by atoms with Gasteiger partial charge in [-0.05, 0) is 30.8 Å². The summed E-state index contributed by atoms with van der Waals surface area (Å²) in [7, 11) is 0. The van der Waals surface area contributed by atoms with Gasteiger partial charge in [0.15, 0.2) is 0 Å². The minimum absolute atomic E-state index is 0.0000797. The normalized spacial score (nSPS) is 14.1. The number of amides is 1. The van der Waals surface area contributed by atoms with Crippen LogP contribution in [0.4, 0.5) is 19.1 Å². The van der Waals surface area contributed by atoms with Gasteiger partial charge in [0, 0.05) is 12.1 Å². The van der Waals surface area contributed by atoms with Gasteiger partial charge in [0.2, 0.25) is 5.95 Å². The number of benzene rings is 1. The lowest BCUT2D eigenvalue weighted by Gasteiger charge is -2.29. The molecule has 0 saturated heterocycles. The van der Waals surface area contributed by atoms with E-state index in [-0.39, 0.29) is 30.3 Å². The summed E-state index contributed by atoms with van der Waals surface area (Å²) < 4.78 is 39.3. The third-order valence-corrected chi connectivity index (χ3v) is 4.83. The summed E-state index contributed by atoms with van der Waals surface area (Å²) in [4.78, 5) is 22.4. The smallest absolute Gasteiger partial charge is 0.405 e. The number of nitrogens with two attached hydrogens (primary N) is 2. The molecule has 1 amide bonds. The first kappa shape index (κ1) is 20.6. The van der Waals surface area contributed by atoms with Crippen LogP contribution in [-0.2, 0) is 19.1 Å². The third-order valence-electron chi connectivity index (χ3n) is 4.42. The van der Waals surface area contributed by atoms with Crippen LogP contribution in [0, 0.1) is 5.41 Å². The average Bonchev–Trinajstić information content (AvgIpc) is 2.65. The Balaban J connectivity index is 1.94. The van der Waals surface area contributed by atoms with E-state index in [0.29, 0.717) is 23.4 Å². The van der Waals surface area contributed by atoms with Crippen LogP contribution >= 0.6 is 11.6 Å². The second kappa shape index (κ2) is 7.70. The second-order valence-corrected chi connectivity index (χ2v) is 6.65. The summed E-state index contributed by atoms with van der Waals surface area (Å²) in [6.07, 6.45) is -1.83. The average molecular weight is 425 g/mol. The first-order chi connectivity index (χ1) is 13.6. The maximum absolute atomic E-state index is 13.1. The molecule has 0 atom stereocenters. The SMILES string of the molecule is N=C(C=CN)c1nc(N)nc2c1CCN(C(=O)c1cccc(C(F)(F)F)c1Cl)C2. The van der Waals surface area contributed by atoms with Crippen LogP contribution in [0.5, 0.6) is 0 Å². The summed E-state index contributed by atoms with van der Waals surface area (Å²) in [6.45, 7) is 0.193. The number of halogens is 4. The number of nitrogens with zero attached hydrogens (tertiary/aromatic N) is 3. The number of fused-ring (bicyclic) bond motifs is 1. The Morgan fingerprint density at radius 1 is 1.31 bits per heavy atom. The minimum atomic E-state index is -4.67. The molecule has 1 aromatic carbocycles. The first-order valence-corrected chi connectivity index (χ1v) is 8.78. The molecule has 3 rings (SSSR count). The number of aromatic nitrogens is 2. The molecule has 0 fully saturated rings. The van der Waals surface area contributed by atoms with Crippen molar-refractivity contribution in [3.05, 3.63) is 63.6 Å². The Morgan fingerprint density at radius 3 is 2.69 bits per heavy atom. The Hall–Kier alpha value is -3.14. The maximum atomic E-state index is 13.1. The van der Waals surface area contributed by atoms with E-state index in [1.54, 1.807) is 0 Å². The van der Waals surface area contributed by atoms with Gasteiger partial charge in [-0.3, -0.25) is 10.2 Å². The summed E-state index contributed by atoms with van der Waals surface area (Å²) in [5.41, 5.74) is 11.1. The standard InChI is InChI=1S/C18H16ClF3N6O/c19-14-10(2-1-3-11(14)18(20,21)22)16(29)28-7-5-9-13(8-28)26-17(25)27-15(9)12(24)4-6-23/h1-4,6,24H,5,7-8,23H2,(H2,25,26,27). The highest BCUT2D eigenvalue weighted by atomic mass is 35.5. The molecule has 1 aliphatic rings. The molecule has 0 bridgehead atoms. The number of nitrogens with one attached hydrogen (secondary N) is 1. The van der Waals surface area contributed by atoms with Gasteiger partial charge in [0.1, 0.15) is 0 Å². The Morgan fingerprint density at radius 2 is 2.03 bits per heavy atom. The van der Waals surface area contributed by atoms with Crippen molar-refractivity contribution in [2.75, 3.05) is 12.3 Å². The van der Waals surface area contributed by atoms with Crippen LogP contribution in [0.25, 0.3) is 0 Å². The Kier molecular flexibility index (Phi) is 5.47. The fourth-order valence-electron chi connectivity index (χ4n) is 3.11. The van der Waals surface area contributed by atoms with E-state index in [1.165, 1.54) is 23.2 Å². The summed E-state index contributed by atoms with van der Waals surface area (Å²) in [5, 5.41) is 7.38. The van der Waals surface area contributed by atoms with Crippen LogP contribution in [-0.4, -0.2) is 33.0 Å². The van der Waals surface area contributed by atoms with E-state index in [4.69, 9.17) is 28.5 Å². The van der Waals surface area contributed by atoms with Gasteiger partial charge in [-0.1, -0.05) is 17.7 Å². The number of hydrogen-bond donors (Lipinski definition) is 3. The Bertz CT molecular complexity index is 1020. The zero-order chi connectivity index (χ0) is 21.3. The first-order valence-electron chi connectivity index (χ1n) is 8.41. The molecule has 152 valence electrons. The van der Waals surface area contributed by atoms with Crippen molar-refractivity contribution in [2.24, 2.45) is 5.73 Å². The summed E-state index contributed by atoms with van der Waals surface area (Å²) in [5.74, 6) is -0.734. The van der Waals surface area contributed by atoms with Crippen LogP contribution in [0.2, 0.25) is 5.02 Å². The number of allylic oxidation sites excluding steroid dienone is 1. The molecule has 5 N–H and O–H groups in total. The van der Waals surface area contributed by atoms with Crippen LogP contribution in [0.15, 0.2) is 30.5 Å². The summed E-state index contributed by atoms with van der Waals surface area (Å²) in [6, 6.07) is 3.21. The number of carbonyl (C=O) groups excluding carboxylic acids is 1. The molecule has 29 heavy (non-hydrogen) atoms. The van der Waals surface area contributed by atoms with Crippen LogP contribution < -0.4 is 11.5 Å². The van der Waals surface area contributed by atoms with Crippen LogP contribution in [0.3, 0.4) is 0 Å². The quantitative estimate of drug-likeness (QED) is 0.654. The van der Waals surface area contributed by atoms with E-state index < -0.39 is 22.7 Å². The van der Waals surface area contributed by atoms with Crippen molar-refractivity contribution in [2.45, 2.75) is 19.1 Å². The van der Waals surface area contributed by atoms with Gasteiger partial charge < -0.3 is 16.4 Å². The van der Waals surface area contributed by atoms with Crippen molar-refractivity contribution in [1.29, 1.82) is 5.41 Å². The summed E-state index contributed by atoms with van der Waals surface area (Å²) >= 11 is 5.87. The lowest BCUT2D eigenvalue weighted by molar-refractivity contribution is -0.137. The topological polar surface area (TPSA) is 122 Å². The molecule has 0 unspecified atom stereocenters. The van der Waals surface area contributed by atoms with Crippen molar-refractivity contribution in [1.82, 2.24) is 14.9 Å². The molecular formula is C18H16ClF3N6O. The maximum Gasteiger partial charge on any atom is 0.417 e. The second-order valence-electron chi connectivity index (χ2n) is 6.27. The molecule has 11 heteroatoms. The molecule has 1 aliphatic heterocycles.